The summed E-state index contributed by atoms with van der Waals surface area (Å²) in [5.41, 5.74) is 0.868. The van der Waals surface area contributed by atoms with Gasteiger partial charge in [-0.25, -0.2) is 0 Å². The number of ether oxygens (including phenoxy) is 2. The fourth-order valence-electron chi connectivity index (χ4n) is 1.87. The first-order chi connectivity index (χ1) is 10.8. The van der Waals surface area contributed by atoms with Crippen LogP contribution in [-0.4, -0.2) is 20.5 Å². The zero-order valence-corrected chi connectivity index (χ0v) is 17.6. The molecule has 0 atom stereocenters. The largest absolute Gasteiger partial charge is 0.488 e. The maximum atomic E-state index is 14.6. The van der Waals surface area contributed by atoms with Crippen LogP contribution in [0.3, 0.4) is 0 Å². The Bertz CT molecular complexity index is 517. The van der Waals surface area contributed by atoms with Crippen LogP contribution in [0.15, 0.2) is 12.1 Å². The predicted octanol–water partition coefficient (Wildman–Crippen LogP) is 5.92. The second kappa shape index (κ2) is 7.87. The van der Waals surface area contributed by atoms with Crippen LogP contribution >= 0.6 is 0 Å². The Morgan fingerprint density at radius 2 is 1.38 bits per heavy atom. The SMILES string of the molecule is CC(C)Oc1cc(CO[Si](C)(C)C(C)(C)C)cc(OC(C)C)c1F. The van der Waals surface area contributed by atoms with E-state index in [0.717, 1.165) is 5.56 Å². The molecule has 0 saturated carbocycles. The fourth-order valence-corrected chi connectivity index (χ4v) is 2.83. The lowest BCUT2D eigenvalue weighted by molar-refractivity contribution is 0.207. The summed E-state index contributed by atoms with van der Waals surface area (Å²) in [6, 6.07) is 3.44. The zero-order chi connectivity index (χ0) is 18.7. The molecular formula is C19H33FO3Si. The molecule has 24 heavy (non-hydrogen) atoms. The number of halogens is 1. The molecule has 0 aliphatic rings. The van der Waals surface area contributed by atoms with Gasteiger partial charge in [0.2, 0.25) is 5.82 Å². The van der Waals surface area contributed by atoms with Gasteiger partial charge in [-0.05, 0) is 63.5 Å². The van der Waals surface area contributed by atoms with E-state index in [1.807, 2.05) is 27.7 Å². The normalized spacial score (nSPS) is 12.8. The third-order valence-corrected chi connectivity index (χ3v) is 8.68. The number of rotatable bonds is 7. The Morgan fingerprint density at radius 1 is 0.958 bits per heavy atom. The summed E-state index contributed by atoms with van der Waals surface area (Å²) in [4.78, 5) is 0. The molecule has 138 valence electrons. The first-order valence-corrected chi connectivity index (χ1v) is 11.5. The van der Waals surface area contributed by atoms with Gasteiger partial charge in [-0.15, -0.1) is 0 Å². The minimum absolute atomic E-state index is 0.108. The lowest BCUT2D eigenvalue weighted by Gasteiger charge is -2.36. The highest BCUT2D eigenvalue weighted by molar-refractivity contribution is 6.74. The maximum Gasteiger partial charge on any atom is 0.206 e. The van der Waals surface area contributed by atoms with E-state index in [0.29, 0.717) is 6.61 Å². The van der Waals surface area contributed by atoms with E-state index in [2.05, 4.69) is 33.9 Å². The summed E-state index contributed by atoms with van der Waals surface area (Å²) in [5, 5.41) is 0.127. The number of hydrogen-bond acceptors (Lipinski definition) is 3. The maximum absolute atomic E-state index is 14.6. The molecule has 1 aromatic rings. The van der Waals surface area contributed by atoms with Gasteiger partial charge < -0.3 is 13.9 Å². The highest BCUT2D eigenvalue weighted by atomic mass is 28.4. The lowest BCUT2D eigenvalue weighted by Crippen LogP contribution is -2.40. The molecule has 3 nitrogen and oxygen atoms in total. The average molecular weight is 357 g/mol. The van der Waals surface area contributed by atoms with E-state index < -0.39 is 14.1 Å². The van der Waals surface area contributed by atoms with Crippen LogP contribution in [0.4, 0.5) is 4.39 Å². The van der Waals surface area contributed by atoms with Gasteiger partial charge in [-0.1, -0.05) is 20.8 Å². The van der Waals surface area contributed by atoms with Gasteiger partial charge in [-0.3, -0.25) is 0 Å². The smallest absolute Gasteiger partial charge is 0.206 e. The molecule has 0 aliphatic heterocycles. The van der Waals surface area contributed by atoms with Crippen molar-refractivity contribution in [2.45, 2.75) is 85.4 Å². The third kappa shape index (κ3) is 5.78. The molecule has 0 unspecified atom stereocenters. The average Bonchev–Trinajstić information content (AvgIpc) is 2.39. The first kappa shape index (κ1) is 21.0. The molecule has 0 fully saturated rings. The van der Waals surface area contributed by atoms with Crippen LogP contribution in [-0.2, 0) is 11.0 Å². The summed E-state index contributed by atoms with van der Waals surface area (Å²) in [7, 11) is -1.88. The molecule has 0 aromatic heterocycles. The standard InChI is InChI=1S/C19H33FO3Si/c1-13(2)22-16-10-15(11-17(18(16)20)23-14(3)4)12-21-24(8,9)19(5,6)7/h10-11,13-14H,12H2,1-9H3. The van der Waals surface area contributed by atoms with E-state index in [-0.39, 0.29) is 28.7 Å². The van der Waals surface area contributed by atoms with Crippen molar-refractivity contribution in [1.29, 1.82) is 0 Å². The third-order valence-electron chi connectivity index (χ3n) is 4.20. The highest BCUT2D eigenvalue weighted by Crippen LogP contribution is 2.38. The summed E-state index contributed by atoms with van der Waals surface area (Å²) < 4.78 is 32.0. The fraction of sp³-hybridized carbons (Fsp3) is 0.684. The molecule has 0 bridgehead atoms. The molecule has 0 saturated heterocycles. The van der Waals surface area contributed by atoms with Crippen molar-refractivity contribution in [2.75, 3.05) is 0 Å². The molecule has 5 heteroatoms. The molecule has 0 radical (unpaired) electrons. The van der Waals surface area contributed by atoms with Crippen LogP contribution in [0.5, 0.6) is 11.5 Å². The van der Waals surface area contributed by atoms with Crippen molar-refractivity contribution in [3.8, 4) is 11.5 Å². The van der Waals surface area contributed by atoms with Crippen molar-refractivity contribution < 1.29 is 18.3 Å². The quantitative estimate of drug-likeness (QED) is 0.567. The summed E-state index contributed by atoms with van der Waals surface area (Å²) in [5.74, 6) is -0.0116. The van der Waals surface area contributed by atoms with Gasteiger partial charge in [0.05, 0.1) is 18.8 Å². The van der Waals surface area contributed by atoms with Crippen LogP contribution in [0, 0.1) is 5.82 Å². The molecule has 1 rings (SSSR count). The van der Waals surface area contributed by atoms with Gasteiger partial charge in [0.25, 0.3) is 0 Å². The van der Waals surface area contributed by atoms with Crippen LogP contribution in [0.1, 0.15) is 54.0 Å². The molecule has 0 heterocycles. The predicted molar refractivity (Wildman–Crippen MR) is 99.9 cm³/mol. The van der Waals surface area contributed by atoms with Crippen molar-refractivity contribution in [1.82, 2.24) is 0 Å². The van der Waals surface area contributed by atoms with E-state index in [9.17, 15) is 4.39 Å². The van der Waals surface area contributed by atoms with E-state index in [4.69, 9.17) is 13.9 Å². The molecule has 0 spiro atoms. The van der Waals surface area contributed by atoms with Crippen LogP contribution in [0.2, 0.25) is 18.1 Å². The van der Waals surface area contributed by atoms with E-state index in [1.54, 1.807) is 12.1 Å². The highest BCUT2D eigenvalue weighted by Gasteiger charge is 2.37. The van der Waals surface area contributed by atoms with E-state index >= 15 is 0 Å². The zero-order valence-electron chi connectivity index (χ0n) is 16.6. The molecule has 0 amide bonds. The van der Waals surface area contributed by atoms with Gasteiger partial charge >= 0.3 is 0 Å². The van der Waals surface area contributed by atoms with Crippen molar-refractivity contribution >= 4 is 8.32 Å². The van der Waals surface area contributed by atoms with Crippen LogP contribution in [0.25, 0.3) is 0 Å². The van der Waals surface area contributed by atoms with Crippen LogP contribution < -0.4 is 9.47 Å². The molecule has 1 aromatic carbocycles. The summed E-state index contributed by atoms with van der Waals surface area (Å²) >= 11 is 0. The van der Waals surface area contributed by atoms with Crippen molar-refractivity contribution in [2.24, 2.45) is 0 Å². The second-order valence-electron chi connectivity index (χ2n) is 8.29. The number of benzene rings is 1. The van der Waals surface area contributed by atoms with Crippen molar-refractivity contribution in [3.05, 3.63) is 23.5 Å². The Morgan fingerprint density at radius 3 is 1.71 bits per heavy atom. The second-order valence-corrected chi connectivity index (χ2v) is 13.1. The monoisotopic (exact) mass is 356 g/mol. The minimum atomic E-state index is -1.88. The molecule has 0 N–H and O–H groups in total. The Kier molecular flexibility index (Phi) is 6.88. The summed E-state index contributed by atoms with van der Waals surface area (Å²) in [6.45, 7) is 18.9. The lowest BCUT2D eigenvalue weighted by atomic mass is 10.2. The topological polar surface area (TPSA) is 27.7 Å². The Hall–Kier alpha value is -1.07. The van der Waals surface area contributed by atoms with Gasteiger partial charge in [0, 0.05) is 0 Å². The number of hydrogen-bond donors (Lipinski definition) is 0. The minimum Gasteiger partial charge on any atom is -0.488 e. The van der Waals surface area contributed by atoms with Gasteiger partial charge in [0.15, 0.2) is 19.8 Å². The Labute approximate surface area is 147 Å². The first-order valence-electron chi connectivity index (χ1n) is 8.63. The molecular weight excluding hydrogens is 323 g/mol. The van der Waals surface area contributed by atoms with Crippen molar-refractivity contribution in [3.63, 3.8) is 0 Å². The summed E-state index contributed by atoms with van der Waals surface area (Å²) in [6.07, 6.45) is -0.217. The van der Waals surface area contributed by atoms with E-state index in [1.165, 1.54) is 0 Å². The van der Waals surface area contributed by atoms with Gasteiger partial charge in [0.1, 0.15) is 0 Å². The molecule has 0 aliphatic carbocycles. The van der Waals surface area contributed by atoms with Gasteiger partial charge in [-0.2, -0.15) is 4.39 Å². The Balaban J connectivity index is 3.09.